The van der Waals surface area contributed by atoms with Gasteiger partial charge in [-0.3, -0.25) is 24.6 Å². The highest BCUT2D eigenvalue weighted by Gasteiger charge is 2.32. The van der Waals surface area contributed by atoms with Crippen LogP contribution < -0.4 is 5.32 Å². The monoisotopic (exact) mass is 468 g/mol. The van der Waals surface area contributed by atoms with Crippen molar-refractivity contribution in [2.45, 2.75) is 32.2 Å². The first-order chi connectivity index (χ1) is 14.3. The molecule has 1 N–H and O–H groups in total. The second kappa shape index (κ2) is 8.53. The van der Waals surface area contributed by atoms with E-state index < -0.39 is 10.0 Å². The molecule has 2 aromatic heterocycles. The van der Waals surface area contributed by atoms with Gasteiger partial charge in [0.15, 0.2) is 5.13 Å². The standard InChI is InChI=1S/C18H20N4O5S3/c23-15-2-1-3-16(24)22(15)7-9-30(26,27)21-6-4-13-14(10-21)29-18(19-13)20-17(25)12-5-8-28-11-12/h5,8,11H,1-4,6-7,9-10H2,(H,19,20,25). The molecule has 12 heteroatoms. The molecule has 1 fully saturated rings. The molecule has 2 aromatic rings. The second-order valence-corrected chi connectivity index (χ2v) is 11.0. The van der Waals surface area contributed by atoms with E-state index in [1.54, 1.807) is 11.4 Å². The predicted octanol–water partition coefficient (Wildman–Crippen LogP) is 1.68. The average Bonchev–Trinajstić information content (AvgIpc) is 3.36. The fourth-order valence-corrected chi connectivity index (χ4v) is 6.51. The number of amides is 3. The first-order valence-electron chi connectivity index (χ1n) is 9.46. The van der Waals surface area contributed by atoms with Crippen molar-refractivity contribution in [1.82, 2.24) is 14.2 Å². The van der Waals surface area contributed by atoms with E-state index in [2.05, 4.69) is 10.3 Å². The molecular formula is C18H20N4O5S3. The molecule has 2 aliphatic rings. The number of thiazole rings is 1. The normalized spacial score (nSPS) is 17.8. The highest BCUT2D eigenvalue weighted by molar-refractivity contribution is 7.89. The van der Waals surface area contributed by atoms with Gasteiger partial charge in [-0.15, -0.1) is 11.3 Å². The quantitative estimate of drug-likeness (QED) is 0.645. The summed E-state index contributed by atoms with van der Waals surface area (Å²) in [6.45, 7) is 0.332. The molecule has 4 heterocycles. The van der Waals surface area contributed by atoms with Crippen LogP contribution in [0.25, 0.3) is 0 Å². The van der Waals surface area contributed by atoms with E-state index in [0.29, 0.717) is 23.5 Å². The maximum absolute atomic E-state index is 12.8. The van der Waals surface area contributed by atoms with Gasteiger partial charge in [-0.1, -0.05) is 0 Å². The Bertz CT molecular complexity index is 1060. The van der Waals surface area contributed by atoms with Crippen LogP contribution >= 0.6 is 22.7 Å². The minimum Gasteiger partial charge on any atom is -0.298 e. The van der Waals surface area contributed by atoms with Gasteiger partial charge in [-0.05, 0) is 17.9 Å². The third-order valence-electron chi connectivity index (χ3n) is 5.05. The van der Waals surface area contributed by atoms with Crippen molar-refractivity contribution < 1.29 is 22.8 Å². The van der Waals surface area contributed by atoms with E-state index in [9.17, 15) is 22.8 Å². The third-order valence-corrected chi connectivity index (χ3v) is 8.53. The van der Waals surface area contributed by atoms with E-state index in [-0.39, 0.29) is 56.0 Å². The fourth-order valence-electron chi connectivity index (χ4n) is 3.41. The van der Waals surface area contributed by atoms with E-state index >= 15 is 0 Å². The number of rotatable bonds is 6. The minimum absolute atomic E-state index is 0.117. The van der Waals surface area contributed by atoms with Crippen molar-refractivity contribution in [2.75, 3.05) is 24.2 Å². The molecule has 9 nitrogen and oxygen atoms in total. The van der Waals surface area contributed by atoms with E-state index in [1.807, 2.05) is 5.38 Å². The first-order valence-corrected chi connectivity index (χ1v) is 12.8. The topological polar surface area (TPSA) is 117 Å². The van der Waals surface area contributed by atoms with Crippen LogP contribution in [0.15, 0.2) is 16.8 Å². The number of nitrogens with zero attached hydrogens (tertiary/aromatic N) is 3. The molecule has 0 atom stereocenters. The number of sulfonamides is 1. The lowest BCUT2D eigenvalue weighted by molar-refractivity contribution is -0.147. The molecule has 0 unspecified atom stereocenters. The smallest absolute Gasteiger partial charge is 0.258 e. The number of imide groups is 1. The molecule has 0 bridgehead atoms. The lowest BCUT2D eigenvalue weighted by Gasteiger charge is -2.28. The predicted molar refractivity (Wildman–Crippen MR) is 113 cm³/mol. The third kappa shape index (κ3) is 4.46. The highest BCUT2D eigenvalue weighted by Crippen LogP contribution is 2.30. The van der Waals surface area contributed by atoms with Crippen molar-refractivity contribution in [3.8, 4) is 0 Å². The van der Waals surface area contributed by atoms with Crippen LogP contribution in [0.5, 0.6) is 0 Å². The van der Waals surface area contributed by atoms with Gasteiger partial charge < -0.3 is 0 Å². The average molecular weight is 469 g/mol. The summed E-state index contributed by atoms with van der Waals surface area (Å²) in [7, 11) is -3.64. The highest BCUT2D eigenvalue weighted by atomic mass is 32.2. The Morgan fingerprint density at radius 2 is 1.97 bits per heavy atom. The van der Waals surface area contributed by atoms with Crippen molar-refractivity contribution >= 4 is 55.5 Å². The van der Waals surface area contributed by atoms with Gasteiger partial charge in [0.25, 0.3) is 5.91 Å². The first kappa shape index (κ1) is 21.1. The summed E-state index contributed by atoms with van der Waals surface area (Å²) in [5, 5.41) is 6.76. The molecule has 3 amide bonds. The summed E-state index contributed by atoms with van der Waals surface area (Å²) in [6, 6.07) is 1.72. The van der Waals surface area contributed by atoms with Crippen LogP contribution in [-0.4, -0.2) is 59.2 Å². The van der Waals surface area contributed by atoms with Crippen LogP contribution in [0.1, 0.15) is 40.2 Å². The van der Waals surface area contributed by atoms with Crippen LogP contribution in [0, 0.1) is 0 Å². The summed E-state index contributed by atoms with van der Waals surface area (Å²) in [5.74, 6) is -1.16. The Morgan fingerprint density at radius 3 is 2.67 bits per heavy atom. The summed E-state index contributed by atoms with van der Waals surface area (Å²) < 4.78 is 26.9. The molecule has 0 radical (unpaired) electrons. The van der Waals surface area contributed by atoms with E-state index in [4.69, 9.17) is 0 Å². The Labute approximate surface area is 181 Å². The molecule has 0 spiro atoms. The number of hydrogen-bond donors (Lipinski definition) is 1. The van der Waals surface area contributed by atoms with Gasteiger partial charge >= 0.3 is 0 Å². The number of nitrogens with one attached hydrogen (secondary N) is 1. The maximum Gasteiger partial charge on any atom is 0.258 e. The van der Waals surface area contributed by atoms with Crippen LogP contribution in [0.3, 0.4) is 0 Å². The molecule has 1 saturated heterocycles. The maximum atomic E-state index is 12.8. The lowest BCUT2D eigenvalue weighted by atomic mass is 10.1. The number of aromatic nitrogens is 1. The SMILES string of the molecule is O=C(Nc1nc2c(s1)CN(S(=O)(=O)CCN1C(=O)CCCC1=O)CC2)c1ccsc1. The molecule has 4 rings (SSSR count). The lowest BCUT2D eigenvalue weighted by Crippen LogP contribution is -2.45. The van der Waals surface area contributed by atoms with Crippen LogP contribution in [0.2, 0.25) is 0 Å². The number of likely N-dealkylation sites (tertiary alicyclic amines) is 1. The van der Waals surface area contributed by atoms with Crippen molar-refractivity contribution in [3.63, 3.8) is 0 Å². The van der Waals surface area contributed by atoms with Gasteiger partial charge in [0, 0.05) is 49.2 Å². The molecule has 30 heavy (non-hydrogen) atoms. The number of anilines is 1. The summed E-state index contributed by atoms with van der Waals surface area (Å²) in [6.07, 6.45) is 1.52. The van der Waals surface area contributed by atoms with E-state index in [1.165, 1.54) is 27.0 Å². The molecule has 2 aliphatic heterocycles. The molecule has 0 aliphatic carbocycles. The molecule has 160 valence electrons. The van der Waals surface area contributed by atoms with Gasteiger partial charge in [0.1, 0.15) is 0 Å². The minimum atomic E-state index is -3.64. The Balaban J connectivity index is 1.39. The number of thiophene rings is 1. The second-order valence-electron chi connectivity index (χ2n) is 7.05. The number of hydrogen-bond acceptors (Lipinski definition) is 8. The zero-order chi connectivity index (χ0) is 21.3. The molecule has 0 aromatic carbocycles. The van der Waals surface area contributed by atoms with Crippen LogP contribution in [0.4, 0.5) is 5.13 Å². The number of carbonyl (C=O) groups is 3. The number of piperidine rings is 1. The Kier molecular flexibility index (Phi) is 6.00. The van der Waals surface area contributed by atoms with Crippen molar-refractivity contribution in [1.29, 1.82) is 0 Å². The zero-order valence-electron chi connectivity index (χ0n) is 16.0. The van der Waals surface area contributed by atoms with Crippen LogP contribution in [-0.2, 0) is 32.6 Å². The summed E-state index contributed by atoms with van der Waals surface area (Å²) >= 11 is 2.69. The van der Waals surface area contributed by atoms with Crippen molar-refractivity contribution in [2.24, 2.45) is 0 Å². The number of fused-ring (bicyclic) bond motifs is 1. The largest absolute Gasteiger partial charge is 0.298 e. The van der Waals surface area contributed by atoms with Gasteiger partial charge in [0.2, 0.25) is 21.8 Å². The van der Waals surface area contributed by atoms with Crippen molar-refractivity contribution in [3.05, 3.63) is 33.0 Å². The summed E-state index contributed by atoms with van der Waals surface area (Å²) in [4.78, 5) is 42.3. The number of carbonyl (C=O) groups excluding carboxylic acids is 3. The van der Waals surface area contributed by atoms with Gasteiger partial charge in [0.05, 0.1) is 17.0 Å². The van der Waals surface area contributed by atoms with Gasteiger partial charge in [-0.2, -0.15) is 15.6 Å². The molecular weight excluding hydrogens is 448 g/mol. The summed E-state index contributed by atoms with van der Waals surface area (Å²) in [5.41, 5.74) is 1.34. The fraction of sp³-hybridized carbons (Fsp3) is 0.444. The van der Waals surface area contributed by atoms with E-state index in [0.717, 1.165) is 15.5 Å². The zero-order valence-corrected chi connectivity index (χ0v) is 18.4. The Morgan fingerprint density at radius 1 is 1.20 bits per heavy atom. The molecule has 0 saturated carbocycles. The van der Waals surface area contributed by atoms with Gasteiger partial charge in [-0.25, -0.2) is 13.4 Å². The Hall–Kier alpha value is -2.15.